The maximum absolute atomic E-state index is 13.4. The number of hydrogen-bond acceptors (Lipinski definition) is 2. The van der Waals surface area contributed by atoms with Crippen LogP contribution in [0.5, 0.6) is 0 Å². The molecule has 2 aromatic rings. The highest BCUT2D eigenvalue weighted by molar-refractivity contribution is 5.87. The molecule has 4 heteroatoms. The highest BCUT2D eigenvalue weighted by Gasteiger charge is 2.32. The fraction of sp³-hybridized carbons (Fsp3) is 0.304. The number of likely N-dealkylation sites (tertiary alicyclic amines) is 1. The summed E-state index contributed by atoms with van der Waals surface area (Å²) in [6.45, 7) is 5.34. The van der Waals surface area contributed by atoms with Gasteiger partial charge in [0.1, 0.15) is 0 Å². The Kier molecular flexibility index (Phi) is 6.42. The van der Waals surface area contributed by atoms with Gasteiger partial charge in [-0.2, -0.15) is 0 Å². The molecular weight excluding hydrogens is 336 g/mol. The molecule has 2 aromatic carbocycles. The molecule has 1 saturated heterocycles. The molecule has 140 valence electrons. The van der Waals surface area contributed by atoms with E-state index in [9.17, 15) is 9.59 Å². The second-order valence-corrected chi connectivity index (χ2v) is 6.89. The highest BCUT2D eigenvalue weighted by atomic mass is 16.2. The van der Waals surface area contributed by atoms with Crippen molar-refractivity contribution >= 4 is 11.8 Å². The van der Waals surface area contributed by atoms with Crippen molar-refractivity contribution in [1.29, 1.82) is 0 Å². The standard InChI is InChI=1S/C23H26N2O2/c1-2-15-24-22(26)20-13-16-25(17-14-20)23(27)21(18-9-5-3-6-10-18)19-11-7-4-8-12-19/h2-12,20-21H,1,13-17H2,(H,24,26). The van der Waals surface area contributed by atoms with E-state index < -0.39 is 0 Å². The first-order valence-corrected chi connectivity index (χ1v) is 9.48. The minimum atomic E-state index is -0.307. The third-order valence-corrected chi connectivity index (χ3v) is 5.11. The number of carbonyl (C=O) groups is 2. The molecule has 0 saturated carbocycles. The molecule has 0 spiro atoms. The third kappa shape index (κ3) is 4.64. The molecular formula is C23H26N2O2. The summed E-state index contributed by atoms with van der Waals surface area (Å²) in [5.41, 5.74) is 2.00. The van der Waals surface area contributed by atoms with E-state index in [2.05, 4.69) is 11.9 Å². The lowest BCUT2D eigenvalue weighted by Crippen LogP contribution is -2.44. The van der Waals surface area contributed by atoms with Gasteiger partial charge in [-0.05, 0) is 24.0 Å². The van der Waals surface area contributed by atoms with E-state index in [1.54, 1.807) is 6.08 Å². The van der Waals surface area contributed by atoms with E-state index in [1.165, 1.54) is 0 Å². The Labute approximate surface area is 160 Å². The quantitative estimate of drug-likeness (QED) is 0.801. The number of rotatable bonds is 6. The lowest BCUT2D eigenvalue weighted by Gasteiger charge is -2.34. The molecule has 1 aliphatic heterocycles. The van der Waals surface area contributed by atoms with Crippen LogP contribution in [-0.2, 0) is 9.59 Å². The molecule has 2 amide bonds. The van der Waals surface area contributed by atoms with Gasteiger partial charge in [0.15, 0.2) is 0 Å². The fourth-order valence-electron chi connectivity index (χ4n) is 3.63. The summed E-state index contributed by atoms with van der Waals surface area (Å²) < 4.78 is 0. The molecule has 27 heavy (non-hydrogen) atoms. The van der Waals surface area contributed by atoms with Gasteiger partial charge in [0.25, 0.3) is 0 Å². The first kappa shape index (κ1) is 18.9. The molecule has 3 rings (SSSR count). The topological polar surface area (TPSA) is 49.4 Å². The molecule has 1 heterocycles. The van der Waals surface area contributed by atoms with Gasteiger partial charge >= 0.3 is 0 Å². The van der Waals surface area contributed by atoms with Gasteiger partial charge in [0.05, 0.1) is 5.92 Å². The van der Waals surface area contributed by atoms with Crippen molar-refractivity contribution in [2.75, 3.05) is 19.6 Å². The maximum atomic E-state index is 13.4. The number of carbonyl (C=O) groups excluding carboxylic acids is 2. The van der Waals surface area contributed by atoms with Gasteiger partial charge in [0, 0.05) is 25.6 Å². The molecule has 0 aromatic heterocycles. The number of benzene rings is 2. The molecule has 0 atom stereocenters. The van der Waals surface area contributed by atoms with Gasteiger partial charge < -0.3 is 10.2 Å². The Hall–Kier alpha value is -2.88. The van der Waals surface area contributed by atoms with Crippen molar-refractivity contribution in [2.45, 2.75) is 18.8 Å². The van der Waals surface area contributed by atoms with Crippen LogP contribution in [0, 0.1) is 5.92 Å². The summed E-state index contributed by atoms with van der Waals surface area (Å²) in [7, 11) is 0. The minimum Gasteiger partial charge on any atom is -0.352 e. The Morgan fingerprint density at radius 2 is 1.52 bits per heavy atom. The molecule has 0 aliphatic carbocycles. The Balaban J connectivity index is 1.72. The molecule has 0 unspecified atom stereocenters. The molecule has 1 fully saturated rings. The number of nitrogens with zero attached hydrogens (tertiary/aromatic N) is 1. The second kappa shape index (κ2) is 9.17. The molecule has 0 bridgehead atoms. The average molecular weight is 362 g/mol. The fourth-order valence-corrected chi connectivity index (χ4v) is 3.63. The van der Waals surface area contributed by atoms with Crippen LogP contribution < -0.4 is 5.32 Å². The van der Waals surface area contributed by atoms with E-state index in [4.69, 9.17) is 0 Å². The lowest BCUT2D eigenvalue weighted by molar-refractivity contribution is -0.136. The Morgan fingerprint density at radius 1 is 1.00 bits per heavy atom. The lowest BCUT2D eigenvalue weighted by atomic mass is 9.88. The zero-order valence-electron chi connectivity index (χ0n) is 15.5. The largest absolute Gasteiger partial charge is 0.352 e. The summed E-state index contributed by atoms with van der Waals surface area (Å²) in [6.07, 6.45) is 3.08. The minimum absolute atomic E-state index is 0.0269. The predicted molar refractivity (Wildman–Crippen MR) is 107 cm³/mol. The van der Waals surface area contributed by atoms with E-state index in [1.807, 2.05) is 65.6 Å². The van der Waals surface area contributed by atoms with Crippen molar-refractivity contribution in [3.05, 3.63) is 84.4 Å². The number of nitrogens with one attached hydrogen (secondary N) is 1. The van der Waals surface area contributed by atoms with E-state index in [-0.39, 0.29) is 23.7 Å². The molecule has 1 aliphatic rings. The van der Waals surface area contributed by atoms with Crippen molar-refractivity contribution in [2.24, 2.45) is 5.92 Å². The van der Waals surface area contributed by atoms with Crippen molar-refractivity contribution in [1.82, 2.24) is 10.2 Å². The first-order valence-electron chi connectivity index (χ1n) is 9.48. The van der Waals surface area contributed by atoms with Crippen LogP contribution >= 0.6 is 0 Å². The summed E-state index contributed by atoms with van der Waals surface area (Å²) >= 11 is 0. The maximum Gasteiger partial charge on any atom is 0.234 e. The van der Waals surface area contributed by atoms with Gasteiger partial charge in [0.2, 0.25) is 11.8 Å². The van der Waals surface area contributed by atoms with Gasteiger partial charge in [-0.25, -0.2) is 0 Å². The molecule has 0 radical (unpaired) electrons. The number of amides is 2. The summed E-state index contributed by atoms with van der Waals surface area (Å²) in [5.74, 6) is -0.165. The number of hydrogen-bond donors (Lipinski definition) is 1. The SMILES string of the molecule is C=CCNC(=O)C1CCN(C(=O)C(c2ccccc2)c2ccccc2)CC1. The van der Waals surface area contributed by atoms with Crippen LogP contribution in [0.3, 0.4) is 0 Å². The van der Waals surface area contributed by atoms with Crippen molar-refractivity contribution in [3.63, 3.8) is 0 Å². The monoisotopic (exact) mass is 362 g/mol. The zero-order chi connectivity index (χ0) is 19.1. The Morgan fingerprint density at radius 3 is 2.00 bits per heavy atom. The van der Waals surface area contributed by atoms with Gasteiger partial charge in [-0.1, -0.05) is 66.7 Å². The van der Waals surface area contributed by atoms with Crippen LogP contribution in [0.1, 0.15) is 29.9 Å². The van der Waals surface area contributed by atoms with E-state index in [0.717, 1.165) is 11.1 Å². The van der Waals surface area contributed by atoms with Crippen molar-refractivity contribution < 1.29 is 9.59 Å². The number of piperidine rings is 1. The van der Waals surface area contributed by atoms with E-state index >= 15 is 0 Å². The summed E-state index contributed by atoms with van der Waals surface area (Å²) in [4.78, 5) is 27.4. The van der Waals surface area contributed by atoms with Crippen LogP contribution in [0.15, 0.2) is 73.3 Å². The predicted octanol–water partition coefficient (Wildman–Crippen LogP) is 3.36. The van der Waals surface area contributed by atoms with Crippen LogP contribution in [0.25, 0.3) is 0 Å². The second-order valence-electron chi connectivity index (χ2n) is 6.89. The normalized spacial score (nSPS) is 14.8. The first-order chi connectivity index (χ1) is 13.2. The zero-order valence-corrected chi connectivity index (χ0v) is 15.5. The van der Waals surface area contributed by atoms with E-state index in [0.29, 0.717) is 32.5 Å². The summed E-state index contributed by atoms with van der Waals surface area (Å²) in [5, 5.41) is 2.86. The smallest absolute Gasteiger partial charge is 0.234 e. The van der Waals surface area contributed by atoms with Crippen LogP contribution in [0.4, 0.5) is 0 Å². The average Bonchev–Trinajstić information content (AvgIpc) is 2.74. The summed E-state index contributed by atoms with van der Waals surface area (Å²) in [6, 6.07) is 19.8. The van der Waals surface area contributed by atoms with Crippen molar-refractivity contribution in [3.8, 4) is 0 Å². The van der Waals surface area contributed by atoms with Crippen LogP contribution in [-0.4, -0.2) is 36.3 Å². The molecule has 1 N–H and O–H groups in total. The highest BCUT2D eigenvalue weighted by Crippen LogP contribution is 2.29. The van der Waals surface area contributed by atoms with Gasteiger partial charge in [-0.15, -0.1) is 6.58 Å². The van der Waals surface area contributed by atoms with Crippen LogP contribution in [0.2, 0.25) is 0 Å². The van der Waals surface area contributed by atoms with Gasteiger partial charge in [-0.3, -0.25) is 9.59 Å². The Bertz CT molecular complexity index is 726. The molecule has 4 nitrogen and oxygen atoms in total. The third-order valence-electron chi connectivity index (χ3n) is 5.11.